The van der Waals surface area contributed by atoms with Gasteiger partial charge in [0.2, 0.25) is 5.11 Å². The topological polar surface area (TPSA) is 164 Å². The molecule has 0 aliphatic heterocycles. The summed E-state index contributed by atoms with van der Waals surface area (Å²) in [7, 11) is 0. The second-order valence-electron chi connectivity index (χ2n) is 7.11. The molecule has 0 spiro atoms. The number of anilines is 1. The fourth-order valence-corrected chi connectivity index (χ4v) is 2.97. The largest absolute Gasteiger partial charge is 0.507 e. The molecule has 180 valence electrons. The van der Waals surface area contributed by atoms with Crippen molar-refractivity contribution in [2.45, 2.75) is 19.8 Å². The summed E-state index contributed by atoms with van der Waals surface area (Å²) in [4.78, 5) is 35.6. The maximum Gasteiger partial charge on any atom is 0.305 e. The molecule has 0 bridgehead atoms. The summed E-state index contributed by atoms with van der Waals surface area (Å²) in [5.74, 6) is -2.67. The van der Waals surface area contributed by atoms with Crippen LogP contribution in [0.5, 0.6) is 5.75 Å². The molecule has 0 saturated carbocycles. The molecule has 2 rings (SSSR count). The lowest BCUT2D eigenvalue weighted by atomic mass is 10.1. The molecule has 12 heteroatoms. The summed E-state index contributed by atoms with van der Waals surface area (Å²) in [5.41, 5.74) is 9.72. The van der Waals surface area contributed by atoms with E-state index in [9.17, 15) is 19.5 Å². The molecule has 1 amide bonds. The van der Waals surface area contributed by atoms with Crippen LogP contribution in [0.25, 0.3) is 0 Å². The second kappa shape index (κ2) is 12.7. The zero-order chi connectivity index (χ0) is 25.1. The molecule has 0 saturated heterocycles. The standard InChI is InChI=1S/C22H25N5O6S/c1-14-12-16(27(10-8-19(29)30)11-9-20(31)32)7-6-15(14)13-23-25-22(34)26-24-21(33)17-4-2-3-5-18(17)28/h2-7,12-13,28H,8-11H2,1H3,(H,24,33)(H,29,30)(H,31,32)(H2,25,26,34)/b23-13+. The third kappa shape index (κ3) is 8.39. The number of aliphatic carboxylic acids is 2. The van der Waals surface area contributed by atoms with E-state index in [4.69, 9.17) is 22.4 Å². The van der Waals surface area contributed by atoms with E-state index in [1.165, 1.54) is 18.3 Å². The van der Waals surface area contributed by atoms with Crippen LogP contribution in [0.3, 0.4) is 0 Å². The number of benzene rings is 2. The number of carbonyl (C=O) groups excluding carboxylic acids is 1. The smallest absolute Gasteiger partial charge is 0.305 e. The first-order chi connectivity index (χ1) is 16.2. The number of nitrogens with one attached hydrogen (secondary N) is 3. The average molecular weight is 488 g/mol. The van der Waals surface area contributed by atoms with Crippen LogP contribution in [0.4, 0.5) is 5.69 Å². The first-order valence-electron chi connectivity index (χ1n) is 10.1. The minimum absolute atomic E-state index is 0.0165. The molecule has 2 aromatic rings. The van der Waals surface area contributed by atoms with Crippen LogP contribution in [-0.4, -0.2) is 57.6 Å². The van der Waals surface area contributed by atoms with Crippen LogP contribution >= 0.6 is 12.2 Å². The van der Waals surface area contributed by atoms with Gasteiger partial charge >= 0.3 is 11.9 Å². The van der Waals surface area contributed by atoms with Crippen molar-refractivity contribution in [1.82, 2.24) is 16.3 Å². The van der Waals surface area contributed by atoms with Gasteiger partial charge in [-0.3, -0.25) is 30.7 Å². The number of carboxylic acids is 2. The molecular weight excluding hydrogens is 462 g/mol. The van der Waals surface area contributed by atoms with Crippen molar-refractivity contribution in [3.8, 4) is 5.75 Å². The van der Waals surface area contributed by atoms with Crippen molar-refractivity contribution < 1.29 is 29.7 Å². The van der Waals surface area contributed by atoms with Crippen LogP contribution in [0.15, 0.2) is 47.6 Å². The van der Waals surface area contributed by atoms with Crippen molar-refractivity contribution in [1.29, 1.82) is 0 Å². The minimum Gasteiger partial charge on any atom is -0.507 e. The summed E-state index contributed by atoms with van der Waals surface area (Å²) in [6.45, 7) is 2.20. The number of rotatable bonds is 10. The van der Waals surface area contributed by atoms with E-state index in [-0.39, 0.29) is 42.4 Å². The van der Waals surface area contributed by atoms with E-state index < -0.39 is 17.8 Å². The monoisotopic (exact) mass is 487 g/mol. The molecule has 0 unspecified atom stereocenters. The number of carboxylic acid groups (broad SMARTS) is 2. The Morgan fingerprint density at radius 3 is 2.26 bits per heavy atom. The van der Waals surface area contributed by atoms with Crippen LogP contribution in [0, 0.1) is 6.92 Å². The maximum absolute atomic E-state index is 12.0. The number of aryl methyl sites for hydroxylation is 1. The lowest BCUT2D eigenvalue weighted by Gasteiger charge is -2.24. The molecule has 0 aromatic heterocycles. The highest BCUT2D eigenvalue weighted by Gasteiger charge is 2.12. The van der Waals surface area contributed by atoms with Crippen molar-refractivity contribution >= 4 is 47.1 Å². The van der Waals surface area contributed by atoms with Crippen LogP contribution in [0.1, 0.15) is 34.3 Å². The van der Waals surface area contributed by atoms with Crippen LogP contribution in [-0.2, 0) is 9.59 Å². The number of phenols is 1. The van der Waals surface area contributed by atoms with Gasteiger partial charge in [-0.2, -0.15) is 5.10 Å². The molecule has 34 heavy (non-hydrogen) atoms. The summed E-state index contributed by atoms with van der Waals surface area (Å²) in [6.07, 6.45) is 1.28. The van der Waals surface area contributed by atoms with E-state index >= 15 is 0 Å². The molecule has 0 heterocycles. The summed E-state index contributed by atoms with van der Waals surface area (Å²) < 4.78 is 0. The van der Waals surface area contributed by atoms with Crippen molar-refractivity contribution in [3.05, 3.63) is 59.2 Å². The van der Waals surface area contributed by atoms with E-state index in [1.807, 2.05) is 13.0 Å². The molecule has 0 atom stereocenters. The zero-order valence-electron chi connectivity index (χ0n) is 18.3. The highest BCUT2D eigenvalue weighted by Crippen LogP contribution is 2.19. The average Bonchev–Trinajstić information content (AvgIpc) is 2.78. The Morgan fingerprint density at radius 2 is 1.68 bits per heavy atom. The Balaban J connectivity index is 1.94. The number of nitrogens with zero attached hydrogens (tertiary/aromatic N) is 2. The van der Waals surface area contributed by atoms with Gasteiger partial charge in [-0.05, 0) is 54.5 Å². The van der Waals surface area contributed by atoms with Gasteiger partial charge in [0.15, 0.2) is 0 Å². The Labute approximate surface area is 201 Å². The van der Waals surface area contributed by atoms with Gasteiger partial charge in [0.05, 0.1) is 24.6 Å². The lowest BCUT2D eigenvalue weighted by Crippen LogP contribution is -2.45. The number of aromatic hydroxyl groups is 1. The van der Waals surface area contributed by atoms with Gasteiger partial charge in [0.25, 0.3) is 5.91 Å². The predicted molar refractivity (Wildman–Crippen MR) is 130 cm³/mol. The number of thiocarbonyl (C=S) groups is 1. The molecule has 0 fully saturated rings. The van der Waals surface area contributed by atoms with Crippen LogP contribution < -0.4 is 21.2 Å². The molecule has 0 aliphatic carbocycles. The van der Waals surface area contributed by atoms with Gasteiger partial charge in [-0.25, -0.2) is 0 Å². The number of hydrogen-bond acceptors (Lipinski definition) is 7. The molecule has 6 N–H and O–H groups in total. The van der Waals surface area contributed by atoms with Crippen molar-refractivity contribution in [2.24, 2.45) is 5.10 Å². The second-order valence-corrected chi connectivity index (χ2v) is 7.52. The van der Waals surface area contributed by atoms with Gasteiger partial charge in [0, 0.05) is 18.8 Å². The van der Waals surface area contributed by atoms with Gasteiger partial charge in [-0.1, -0.05) is 18.2 Å². The van der Waals surface area contributed by atoms with Gasteiger partial charge < -0.3 is 20.2 Å². The fourth-order valence-electron chi connectivity index (χ4n) is 2.87. The highest BCUT2D eigenvalue weighted by atomic mass is 32.1. The van der Waals surface area contributed by atoms with E-state index in [2.05, 4.69) is 21.4 Å². The number of amides is 1. The van der Waals surface area contributed by atoms with E-state index in [0.717, 1.165) is 11.1 Å². The van der Waals surface area contributed by atoms with E-state index in [0.29, 0.717) is 5.69 Å². The molecule has 11 nitrogen and oxygen atoms in total. The normalized spacial score (nSPS) is 10.5. The predicted octanol–water partition coefficient (Wildman–Crippen LogP) is 1.60. The number of hydrazine groups is 1. The number of phenolic OH excluding ortho intramolecular Hbond substituents is 1. The van der Waals surface area contributed by atoms with Crippen molar-refractivity contribution in [3.63, 3.8) is 0 Å². The molecule has 0 aliphatic rings. The first kappa shape index (κ1) is 26.1. The summed E-state index contributed by atoms with van der Waals surface area (Å²) >= 11 is 5.04. The van der Waals surface area contributed by atoms with Crippen LogP contribution in [0.2, 0.25) is 0 Å². The van der Waals surface area contributed by atoms with E-state index in [1.54, 1.807) is 29.2 Å². The lowest BCUT2D eigenvalue weighted by molar-refractivity contribution is -0.137. The van der Waals surface area contributed by atoms with Crippen molar-refractivity contribution in [2.75, 3.05) is 18.0 Å². The number of hydrazone groups is 1. The van der Waals surface area contributed by atoms with Gasteiger partial charge in [0.1, 0.15) is 5.75 Å². The molecule has 0 radical (unpaired) electrons. The SMILES string of the molecule is Cc1cc(N(CCC(=O)O)CCC(=O)O)ccc1/C=N/NC(=S)NNC(=O)c1ccccc1O. The highest BCUT2D eigenvalue weighted by molar-refractivity contribution is 7.80. The third-order valence-electron chi connectivity index (χ3n) is 4.62. The Kier molecular flexibility index (Phi) is 9.77. The zero-order valence-corrected chi connectivity index (χ0v) is 19.1. The summed E-state index contributed by atoms with van der Waals surface area (Å²) in [5, 5.41) is 31.6. The number of carbonyl (C=O) groups is 3. The number of para-hydroxylation sites is 1. The molecule has 2 aromatic carbocycles. The quantitative estimate of drug-likeness (QED) is 0.165. The Hall–Kier alpha value is -4.19. The first-order valence-corrected chi connectivity index (χ1v) is 10.5. The summed E-state index contributed by atoms with van der Waals surface area (Å²) in [6, 6.07) is 11.4. The minimum atomic E-state index is -0.965. The Bertz CT molecular complexity index is 1070. The third-order valence-corrected chi connectivity index (χ3v) is 4.81. The molecular formula is C22H25N5O6S. The Morgan fingerprint density at radius 1 is 1.03 bits per heavy atom. The number of hydrogen-bond donors (Lipinski definition) is 6. The maximum atomic E-state index is 12.0. The van der Waals surface area contributed by atoms with Gasteiger partial charge in [-0.15, -0.1) is 0 Å². The fraction of sp³-hybridized carbons (Fsp3) is 0.227.